The van der Waals surface area contributed by atoms with Gasteiger partial charge < -0.3 is 14.5 Å². The highest BCUT2D eigenvalue weighted by molar-refractivity contribution is 6.42. The summed E-state index contributed by atoms with van der Waals surface area (Å²) in [6.07, 6.45) is 2.26. The normalized spacial score (nSPS) is 10.6. The van der Waals surface area contributed by atoms with Crippen LogP contribution in [0, 0.1) is 0 Å². The van der Waals surface area contributed by atoms with Gasteiger partial charge in [0.05, 0.1) is 23.4 Å². The lowest BCUT2D eigenvalue weighted by molar-refractivity contribution is -0.116. The van der Waals surface area contributed by atoms with E-state index < -0.39 is 0 Å². The number of aromatic nitrogens is 1. The lowest BCUT2D eigenvalue weighted by Crippen LogP contribution is -2.12. The summed E-state index contributed by atoms with van der Waals surface area (Å²) in [5.74, 6) is 1.70. The minimum absolute atomic E-state index is 0.162. The van der Waals surface area contributed by atoms with Crippen LogP contribution >= 0.6 is 23.2 Å². The first kappa shape index (κ1) is 18.3. The third-order valence-corrected chi connectivity index (χ3v) is 4.42. The molecule has 3 rings (SSSR count). The van der Waals surface area contributed by atoms with Gasteiger partial charge in [-0.1, -0.05) is 35.3 Å². The number of aryl methyl sites for hydroxylation is 1. The number of halogens is 2. The van der Waals surface area contributed by atoms with Gasteiger partial charge in [0, 0.05) is 24.1 Å². The van der Waals surface area contributed by atoms with Gasteiger partial charge in [-0.3, -0.25) is 4.79 Å². The summed E-state index contributed by atoms with van der Waals surface area (Å²) in [5.41, 5.74) is 1.46. The maximum atomic E-state index is 12.1. The van der Waals surface area contributed by atoms with Crippen LogP contribution in [0.3, 0.4) is 0 Å². The Hall–Kier alpha value is -2.50. The van der Waals surface area contributed by atoms with Crippen LogP contribution in [0.2, 0.25) is 10.0 Å². The van der Waals surface area contributed by atoms with Crippen LogP contribution in [0.25, 0.3) is 11.3 Å². The van der Waals surface area contributed by atoms with E-state index in [0.29, 0.717) is 33.8 Å². The summed E-state index contributed by atoms with van der Waals surface area (Å²) >= 11 is 11.8. The van der Waals surface area contributed by atoms with Crippen molar-refractivity contribution >= 4 is 34.8 Å². The van der Waals surface area contributed by atoms with Crippen LogP contribution in [0.4, 0.5) is 5.69 Å². The number of rotatable bonds is 6. The second-order valence-electron chi connectivity index (χ2n) is 5.53. The molecule has 0 atom stereocenters. The first-order valence-corrected chi connectivity index (χ1v) is 8.65. The SMILES string of the molecule is COc1cccc(-c2cnc(CCC(=O)Nc3ccc(Cl)c(Cl)c3)o2)c1. The molecule has 5 nitrogen and oxygen atoms in total. The topological polar surface area (TPSA) is 64.4 Å². The molecular weight excluding hydrogens is 375 g/mol. The van der Waals surface area contributed by atoms with Gasteiger partial charge in [0.2, 0.25) is 5.91 Å². The fraction of sp³-hybridized carbons (Fsp3) is 0.158. The summed E-state index contributed by atoms with van der Waals surface area (Å²) in [6.45, 7) is 0. The second kappa shape index (κ2) is 8.25. The number of nitrogens with one attached hydrogen (secondary N) is 1. The van der Waals surface area contributed by atoms with Crippen molar-refractivity contribution in [2.75, 3.05) is 12.4 Å². The van der Waals surface area contributed by atoms with Gasteiger partial charge in [-0.2, -0.15) is 0 Å². The lowest BCUT2D eigenvalue weighted by Gasteiger charge is -2.05. The van der Waals surface area contributed by atoms with Crippen molar-refractivity contribution in [1.82, 2.24) is 4.98 Å². The highest BCUT2D eigenvalue weighted by Crippen LogP contribution is 2.26. The van der Waals surface area contributed by atoms with E-state index in [2.05, 4.69) is 10.3 Å². The predicted octanol–water partition coefficient (Wildman–Crippen LogP) is 5.23. The second-order valence-corrected chi connectivity index (χ2v) is 6.34. The molecule has 0 spiro atoms. The summed E-state index contributed by atoms with van der Waals surface area (Å²) < 4.78 is 10.9. The minimum atomic E-state index is -0.162. The van der Waals surface area contributed by atoms with E-state index in [4.69, 9.17) is 32.4 Å². The maximum absolute atomic E-state index is 12.1. The van der Waals surface area contributed by atoms with Crippen molar-refractivity contribution in [3.8, 4) is 17.1 Å². The highest BCUT2D eigenvalue weighted by atomic mass is 35.5. The zero-order valence-corrected chi connectivity index (χ0v) is 15.5. The molecule has 3 aromatic rings. The quantitative estimate of drug-likeness (QED) is 0.625. The molecule has 26 heavy (non-hydrogen) atoms. The summed E-state index contributed by atoms with van der Waals surface area (Å²) in [6, 6.07) is 12.4. The van der Waals surface area contributed by atoms with E-state index in [0.717, 1.165) is 11.3 Å². The number of benzene rings is 2. The van der Waals surface area contributed by atoms with E-state index in [-0.39, 0.29) is 12.3 Å². The number of nitrogens with zero attached hydrogens (tertiary/aromatic N) is 1. The van der Waals surface area contributed by atoms with E-state index >= 15 is 0 Å². The number of hydrogen-bond acceptors (Lipinski definition) is 4. The molecule has 0 aliphatic carbocycles. The maximum Gasteiger partial charge on any atom is 0.224 e. The van der Waals surface area contributed by atoms with Gasteiger partial charge in [-0.05, 0) is 30.3 Å². The third-order valence-electron chi connectivity index (χ3n) is 3.68. The fourth-order valence-electron chi connectivity index (χ4n) is 2.35. The first-order valence-electron chi connectivity index (χ1n) is 7.89. The summed E-state index contributed by atoms with van der Waals surface area (Å²) in [4.78, 5) is 16.3. The van der Waals surface area contributed by atoms with Gasteiger partial charge in [0.1, 0.15) is 5.75 Å². The van der Waals surface area contributed by atoms with E-state index in [1.165, 1.54) is 0 Å². The summed E-state index contributed by atoms with van der Waals surface area (Å²) in [5, 5.41) is 3.59. The minimum Gasteiger partial charge on any atom is -0.497 e. The predicted molar refractivity (Wildman–Crippen MR) is 102 cm³/mol. The van der Waals surface area contributed by atoms with Crippen LogP contribution in [0.1, 0.15) is 12.3 Å². The molecule has 0 fully saturated rings. The molecule has 1 heterocycles. The van der Waals surface area contributed by atoms with Crippen molar-refractivity contribution < 1.29 is 13.9 Å². The molecule has 1 aromatic heterocycles. The van der Waals surface area contributed by atoms with Crippen molar-refractivity contribution in [2.24, 2.45) is 0 Å². The average molecular weight is 391 g/mol. The van der Waals surface area contributed by atoms with Gasteiger partial charge in [-0.15, -0.1) is 0 Å². The Labute approximate surface area is 160 Å². The molecule has 0 aliphatic heterocycles. The Bertz CT molecular complexity index is 925. The Morgan fingerprint density at radius 3 is 2.81 bits per heavy atom. The molecular formula is C19H16Cl2N2O3. The van der Waals surface area contributed by atoms with Gasteiger partial charge in [0.25, 0.3) is 0 Å². The third kappa shape index (κ3) is 4.56. The van der Waals surface area contributed by atoms with Crippen molar-refractivity contribution in [3.63, 3.8) is 0 Å². The number of methoxy groups -OCH3 is 1. The Balaban J connectivity index is 1.58. The number of oxazole rings is 1. The molecule has 7 heteroatoms. The first-order chi connectivity index (χ1) is 12.5. The largest absolute Gasteiger partial charge is 0.497 e. The number of carbonyl (C=O) groups excluding carboxylic acids is 1. The van der Waals surface area contributed by atoms with Gasteiger partial charge >= 0.3 is 0 Å². The van der Waals surface area contributed by atoms with Crippen molar-refractivity contribution in [1.29, 1.82) is 0 Å². The van der Waals surface area contributed by atoms with Crippen LogP contribution in [-0.4, -0.2) is 18.0 Å². The molecule has 2 aromatic carbocycles. The van der Waals surface area contributed by atoms with E-state index in [1.807, 2.05) is 24.3 Å². The number of hydrogen-bond donors (Lipinski definition) is 1. The van der Waals surface area contributed by atoms with Crippen LogP contribution < -0.4 is 10.1 Å². The molecule has 0 unspecified atom stereocenters. The average Bonchev–Trinajstić information content (AvgIpc) is 3.12. The Kier molecular flexibility index (Phi) is 5.81. The van der Waals surface area contributed by atoms with Gasteiger partial charge in [-0.25, -0.2) is 4.98 Å². The van der Waals surface area contributed by atoms with Crippen molar-refractivity contribution in [3.05, 3.63) is 64.6 Å². The van der Waals surface area contributed by atoms with Crippen molar-refractivity contribution in [2.45, 2.75) is 12.8 Å². The Morgan fingerprint density at radius 2 is 2.04 bits per heavy atom. The zero-order chi connectivity index (χ0) is 18.5. The van der Waals surface area contributed by atoms with Crippen LogP contribution in [0.15, 0.2) is 53.1 Å². The molecule has 0 saturated carbocycles. The fourth-order valence-corrected chi connectivity index (χ4v) is 2.65. The lowest BCUT2D eigenvalue weighted by atomic mass is 10.2. The van der Waals surface area contributed by atoms with E-state index in [1.54, 1.807) is 31.5 Å². The standard InChI is InChI=1S/C19H16Cl2N2O3/c1-25-14-4-2-3-12(9-14)17-11-22-19(26-17)8-7-18(24)23-13-5-6-15(20)16(21)10-13/h2-6,9-11H,7-8H2,1H3,(H,23,24). The van der Waals surface area contributed by atoms with Crippen LogP contribution in [-0.2, 0) is 11.2 Å². The smallest absolute Gasteiger partial charge is 0.224 e. The molecule has 0 saturated heterocycles. The molecule has 1 amide bonds. The molecule has 0 aliphatic rings. The highest BCUT2D eigenvalue weighted by Gasteiger charge is 2.10. The number of amides is 1. The number of anilines is 1. The molecule has 1 N–H and O–H groups in total. The molecule has 0 bridgehead atoms. The van der Waals surface area contributed by atoms with E-state index in [9.17, 15) is 4.79 Å². The van der Waals surface area contributed by atoms with Crippen LogP contribution in [0.5, 0.6) is 5.75 Å². The molecule has 0 radical (unpaired) electrons. The Morgan fingerprint density at radius 1 is 1.19 bits per heavy atom. The molecule has 134 valence electrons. The number of carbonyl (C=O) groups is 1. The monoisotopic (exact) mass is 390 g/mol. The zero-order valence-electron chi connectivity index (χ0n) is 14.0. The summed E-state index contributed by atoms with van der Waals surface area (Å²) in [7, 11) is 1.61. The number of ether oxygens (including phenoxy) is 1. The van der Waals surface area contributed by atoms with Gasteiger partial charge in [0.15, 0.2) is 11.7 Å².